The molecule has 0 saturated carbocycles. The van der Waals surface area contributed by atoms with E-state index in [0.717, 1.165) is 5.56 Å². The molecule has 2 saturated heterocycles. The number of nitrogens with zero attached hydrogens (tertiary/aromatic N) is 5. The molecule has 2 aliphatic heterocycles. The Balaban J connectivity index is 1.26. The molecule has 7 rings (SSSR count). The van der Waals surface area contributed by atoms with E-state index in [1.54, 1.807) is 78.8 Å². The molecule has 2 fully saturated rings. The van der Waals surface area contributed by atoms with Crippen LogP contribution >= 0.6 is 0 Å². The Hall–Kier alpha value is -5.66. The van der Waals surface area contributed by atoms with Gasteiger partial charge in [-0.2, -0.15) is 0 Å². The quantitative estimate of drug-likeness (QED) is 0.201. The normalized spacial score (nSPS) is 21.3. The highest BCUT2D eigenvalue weighted by molar-refractivity contribution is 6.06. The van der Waals surface area contributed by atoms with E-state index in [9.17, 15) is 14.4 Å². The first-order chi connectivity index (χ1) is 24.1. The van der Waals surface area contributed by atoms with E-state index in [-0.39, 0.29) is 31.5 Å². The maximum Gasteiger partial charge on any atom is 0.410 e. The van der Waals surface area contributed by atoms with Gasteiger partial charge in [0.05, 0.1) is 25.0 Å². The molecule has 50 heavy (non-hydrogen) atoms. The molecule has 5 aromatic rings. The molecule has 2 aromatic heterocycles. The first-order valence-corrected chi connectivity index (χ1v) is 16.2. The molecule has 0 aliphatic carbocycles. The molecule has 2 bridgehead atoms. The number of fused-ring (bicyclic) bond motifs is 3. The van der Waals surface area contributed by atoms with E-state index in [2.05, 4.69) is 20.3 Å². The van der Waals surface area contributed by atoms with Gasteiger partial charge in [0.25, 0.3) is 5.91 Å². The SMILES string of the molecule is CC(C)(C)OC(=O)N1C[C@]2(COC(=O)c3ccccc3)O[C@@H](n3cnc4c(NC(=O)c5ccccc5)ncnc43)[C@H]1[C@@H]2OCc1ccccc1. The maximum atomic E-state index is 13.8. The van der Waals surface area contributed by atoms with Crippen LogP contribution in [0.1, 0.15) is 53.3 Å². The molecule has 0 spiro atoms. The molecular weight excluding hydrogens is 640 g/mol. The van der Waals surface area contributed by atoms with Gasteiger partial charge in [0.15, 0.2) is 28.8 Å². The molecule has 13 nitrogen and oxygen atoms in total. The lowest BCUT2D eigenvalue weighted by atomic mass is 10.00. The Bertz CT molecular complexity index is 2000. The second-order valence-electron chi connectivity index (χ2n) is 13.2. The van der Waals surface area contributed by atoms with Gasteiger partial charge in [0, 0.05) is 5.56 Å². The fourth-order valence-corrected chi connectivity index (χ4v) is 6.32. The number of ether oxygens (including phenoxy) is 4. The first kappa shape index (κ1) is 32.9. The van der Waals surface area contributed by atoms with Crippen LogP contribution in [0.4, 0.5) is 10.6 Å². The minimum Gasteiger partial charge on any atom is -0.459 e. The molecule has 2 aliphatic rings. The summed E-state index contributed by atoms with van der Waals surface area (Å²) in [7, 11) is 0. The topological polar surface area (TPSA) is 147 Å². The van der Waals surface area contributed by atoms with Crippen molar-refractivity contribution in [2.24, 2.45) is 0 Å². The van der Waals surface area contributed by atoms with Gasteiger partial charge in [-0.15, -0.1) is 0 Å². The lowest BCUT2D eigenvalue weighted by Gasteiger charge is -2.37. The standard InChI is InChI=1S/C37H36N6O7/c1-36(2,3)50-35(46)42-20-37(21-48-34(45)26-17-11-6-12-18-26)29(47-19-24-13-7-4-8-14-24)28(42)33(49-37)43-23-40-27-30(38-22-39-31(27)43)41-32(44)25-15-9-5-10-16-25/h4-18,22-23,28-29,33H,19-21H2,1-3H3,(H,38,39,41,44)/t28-,29+,33-,37-/m1/s1. The minimum absolute atomic E-state index is 0.0323. The van der Waals surface area contributed by atoms with Crippen molar-refractivity contribution in [2.45, 2.75) is 57.0 Å². The van der Waals surface area contributed by atoms with Crippen molar-refractivity contribution in [3.05, 3.63) is 120 Å². The summed E-state index contributed by atoms with van der Waals surface area (Å²) in [6.07, 6.45) is 0.607. The second-order valence-corrected chi connectivity index (χ2v) is 13.2. The molecule has 0 unspecified atom stereocenters. The van der Waals surface area contributed by atoms with E-state index in [1.165, 1.54) is 12.7 Å². The van der Waals surface area contributed by atoms with Crippen LogP contribution in [0.3, 0.4) is 0 Å². The summed E-state index contributed by atoms with van der Waals surface area (Å²) in [5.74, 6) is -0.695. The number of morpholine rings is 1. The molecule has 256 valence electrons. The van der Waals surface area contributed by atoms with E-state index in [4.69, 9.17) is 18.9 Å². The van der Waals surface area contributed by atoms with E-state index in [1.807, 2.05) is 42.5 Å². The fourth-order valence-electron chi connectivity index (χ4n) is 6.32. The van der Waals surface area contributed by atoms with E-state index >= 15 is 0 Å². The number of carbonyl (C=O) groups is 3. The number of aromatic nitrogens is 4. The van der Waals surface area contributed by atoms with Crippen molar-refractivity contribution < 1.29 is 33.3 Å². The molecule has 3 aromatic carbocycles. The Morgan fingerprint density at radius 1 is 0.900 bits per heavy atom. The lowest BCUT2D eigenvalue weighted by molar-refractivity contribution is -0.157. The predicted molar refractivity (Wildman–Crippen MR) is 181 cm³/mol. The Labute approximate surface area is 288 Å². The molecule has 1 N–H and O–H groups in total. The predicted octanol–water partition coefficient (Wildman–Crippen LogP) is 5.41. The van der Waals surface area contributed by atoms with Crippen molar-refractivity contribution >= 4 is 35.0 Å². The van der Waals surface area contributed by atoms with Crippen molar-refractivity contribution in [3.63, 3.8) is 0 Å². The maximum absolute atomic E-state index is 13.8. The van der Waals surface area contributed by atoms with Crippen molar-refractivity contribution in [3.8, 4) is 0 Å². The summed E-state index contributed by atoms with van der Waals surface area (Å²) in [6.45, 7) is 5.40. The van der Waals surface area contributed by atoms with Crippen LogP contribution in [0.25, 0.3) is 11.2 Å². The zero-order chi connectivity index (χ0) is 34.9. The number of carbonyl (C=O) groups excluding carboxylic acids is 3. The lowest BCUT2D eigenvalue weighted by Crippen LogP contribution is -2.51. The van der Waals surface area contributed by atoms with Crippen molar-refractivity contribution in [2.75, 3.05) is 18.5 Å². The monoisotopic (exact) mass is 676 g/mol. The van der Waals surface area contributed by atoms with Crippen molar-refractivity contribution in [1.29, 1.82) is 0 Å². The van der Waals surface area contributed by atoms with E-state index in [0.29, 0.717) is 22.3 Å². The van der Waals surface area contributed by atoms with Gasteiger partial charge in [-0.05, 0) is 50.6 Å². The fraction of sp³-hybridized carbons (Fsp3) is 0.297. The highest BCUT2D eigenvalue weighted by Gasteiger charge is 2.67. The minimum atomic E-state index is -1.29. The molecule has 4 heterocycles. The third-order valence-corrected chi connectivity index (χ3v) is 8.53. The van der Waals surface area contributed by atoms with Crippen LogP contribution < -0.4 is 5.32 Å². The molecule has 0 radical (unpaired) electrons. The molecular formula is C37H36N6O7. The molecule has 4 atom stereocenters. The number of benzene rings is 3. The smallest absolute Gasteiger partial charge is 0.410 e. The number of esters is 1. The number of rotatable bonds is 9. The zero-order valence-electron chi connectivity index (χ0n) is 27.8. The van der Waals surface area contributed by atoms with E-state index < -0.39 is 41.6 Å². The van der Waals surface area contributed by atoms with Gasteiger partial charge in [-0.1, -0.05) is 66.7 Å². The number of likely N-dealkylation sites (tertiary alicyclic amines) is 1. The Morgan fingerprint density at radius 3 is 2.24 bits per heavy atom. The summed E-state index contributed by atoms with van der Waals surface area (Å²) in [4.78, 5) is 55.0. The number of amides is 2. The number of hydrogen-bond acceptors (Lipinski definition) is 10. The molecule has 2 amide bonds. The first-order valence-electron chi connectivity index (χ1n) is 16.2. The van der Waals surface area contributed by atoms with Crippen LogP contribution in [-0.2, 0) is 25.6 Å². The zero-order valence-corrected chi connectivity index (χ0v) is 27.8. The van der Waals surface area contributed by atoms with Crippen LogP contribution in [-0.4, -0.2) is 78.9 Å². The number of imidazole rings is 1. The summed E-state index contributed by atoms with van der Waals surface area (Å²) in [5, 5.41) is 2.82. The number of anilines is 1. The van der Waals surface area contributed by atoms with Crippen LogP contribution in [0.15, 0.2) is 104 Å². The Kier molecular flexibility index (Phi) is 8.76. The third kappa shape index (κ3) is 6.52. The van der Waals surface area contributed by atoms with Gasteiger partial charge in [-0.3, -0.25) is 14.3 Å². The average molecular weight is 677 g/mol. The van der Waals surface area contributed by atoms with Gasteiger partial charge in [0.2, 0.25) is 0 Å². The van der Waals surface area contributed by atoms with Gasteiger partial charge in [-0.25, -0.2) is 24.5 Å². The van der Waals surface area contributed by atoms with Gasteiger partial charge >= 0.3 is 12.1 Å². The molecule has 13 heteroatoms. The van der Waals surface area contributed by atoms with Gasteiger partial charge < -0.3 is 24.3 Å². The van der Waals surface area contributed by atoms with Crippen LogP contribution in [0, 0.1) is 0 Å². The summed E-state index contributed by atoms with van der Waals surface area (Å²) in [5.41, 5.74) is 0.328. The Morgan fingerprint density at radius 2 is 1.56 bits per heavy atom. The largest absolute Gasteiger partial charge is 0.459 e. The third-order valence-electron chi connectivity index (χ3n) is 8.53. The highest BCUT2D eigenvalue weighted by atomic mass is 16.6. The van der Waals surface area contributed by atoms with Crippen LogP contribution in [0.2, 0.25) is 0 Å². The highest BCUT2D eigenvalue weighted by Crippen LogP contribution is 2.50. The number of nitrogens with one attached hydrogen (secondary N) is 1. The summed E-state index contributed by atoms with van der Waals surface area (Å²) in [6, 6.07) is 26.3. The van der Waals surface area contributed by atoms with Crippen LogP contribution in [0.5, 0.6) is 0 Å². The number of hydrogen-bond donors (Lipinski definition) is 1. The summed E-state index contributed by atoms with van der Waals surface area (Å²) < 4.78 is 26.8. The van der Waals surface area contributed by atoms with Gasteiger partial charge in [0.1, 0.15) is 30.7 Å². The average Bonchev–Trinajstić information content (AvgIpc) is 3.79. The second kappa shape index (κ2) is 13.3. The van der Waals surface area contributed by atoms with Crippen molar-refractivity contribution in [1.82, 2.24) is 24.4 Å². The summed E-state index contributed by atoms with van der Waals surface area (Å²) >= 11 is 0.